The lowest BCUT2D eigenvalue weighted by atomic mass is 10.4. The SMILES string of the molecule is C[Si](C)(C)CCOCc1cc2cncnc2[nH]1. The molecule has 0 radical (unpaired) electrons. The Morgan fingerprint density at radius 3 is 2.88 bits per heavy atom. The Kier molecular flexibility index (Phi) is 3.59. The van der Waals surface area contributed by atoms with Crippen molar-refractivity contribution in [1.82, 2.24) is 15.0 Å². The van der Waals surface area contributed by atoms with Crippen LogP contribution in [0.25, 0.3) is 11.0 Å². The van der Waals surface area contributed by atoms with Gasteiger partial charge in [-0.15, -0.1) is 0 Å². The Morgan fingerprint density at radius 2 is 2.18 bits per heavy atom. The summed E-state index contributed by atoms with van der Waals surface area (Å²) >= 11 is 0. The first-order valence-corrected chi connectivity index (χ1v) is 9.61. The monoisotopic (exact) mass is 249 g/mol. The fourth-order valence-electron chi connectivity index (χ4n) is 1.56. The van der Waals surface area contributed by atoms with Gasteiger partial charge in [0.1, 0.15) is 12.0 Å². The van der Waals surface area contributed by atoms with Gasteiger partial charge < -0.3 is 9.72 Å². The number of ether oxygens (including phenoxy) is 1. The molecule has 2 aromatic rings. The molecule has 0 aliphatic carbocycles. The predicted molar refractivity (Wildman–Crippen MR) is 71.7 cm³/mol. The van der Waals surface area contributed by atoms with Crippen LogP contribution in [0.2, 0.25) is 25.7 Å². The minimum absolute atomic E-state index is 0.626. The van der Waals surface area contributed by atoms with Crippen LogP contribution in [0.4, 0.5) is 0 Å². The van der Waals surface area contributed by atoms with Crippen molar-refractivity contribution in [2.24, 2.45) is 0 Å². The van der Waals surface area contributed by atoms with Crippen molar-refractivity contribution in [1.29, 1.82) is 0 Å². The maximum Gasteiger partial charge on any atom is 0.140 e. The number of hydrogen-bond donors (Lipinski definition) is 1. The molecule has 0 saturated carbocycles. The highest BCUT2D eigenvalue weighted by atomic mass is 28.3. The average molecular weight is 249 g/mol. The van der Waals surface area contributed by atoms with Gasteiger partial charge in [-0.2, -0.15) is 0 Å². The van der Waals surface area contributed by atoms with Crippen LogP contribution in [-0.4, -0.2) is 29.6 Å². The summed E-state index contributed by atoms with van der Waals surface area (Å²) in [5, 5.41) is 1.04. The molecule has 0 amide bonds. The number of nitrogens with one attached hydrogen (secondary N) is 1. The summed E-state index contributed by atoms with van der Waals surface area (Å²) in [6.45, 7) is 8.54. The quantitative estimate of drug-likeness (QED) is 0.655. The van der Waals surface area contributed by atoms with Gasteiger partial charge in [-0.1, -0.05) is 19.6 Å². The van der Waals surface area contributed by atoms with E-state index in [9.17, 15) is 0 Å². The zero-order valence-corrected chi connectivity index (χ0v) is 11.7. The van der Waals surface area contributed by atoms with E-state index in [2.05, 4.69) is 34.6 Å². The predicted octanol–water partition coefficient (Wildman–Crippen LogP) is 2.81. The zero-order chi connectivity index (χ0) is 12.3. The smallest absolute Gasteiger partial charge is 0.140 e. The molecule has 0 atom stereocenters. The Hall–Kier alpha value is -1.20. The van der Waals surface area contributed by atoms with Crippen molar-refractivity contribution >= 4 is 19.1 Å². The number of aromatic amines is 1. The van der Waals surface area contributed by atoms with Gasteiger partial charge in [-0.25, -0.2) is 9.97 Å². The summed E-state index contributed by atoms with van der Waals surface area (Å²) in [5.74, 6) is 0. The highest BCUT2D eigenvalue weighted by Gasteiger charge is 2.12. The summed E-state index contributed by atoms with van der Waals surface area (Å²) in [7, 11) is -0.985. The average Bonchev–Trinajstić information content (AvgIpc) is 2.65. The van der Waals surface area contributed by atoms with E-state index in [0.717, 1.165) is 23.3 Å². The van der Waals surface area contributed by atoms with Crippen LogP contribution in [0.5, 0.6) is 0 Å². The van der Waals surface area contributed by atoms with E-state index < -0.39 is 8.07 Å². The molecule has 0 fully saturated rings. The first-order chi connectivity index (χ1) is 8.04. The number of fused-ring (bicyclic) bond motifs is 1. The van der Waals surface area contributed by atoms with Gasteiger partial charge in [0, 0.05) is 32.0 Å². The fourth-order valence-corrected chi connectivity index (χ4v) is 2.32. The van der Waals surface area contributed by atoms with Crippen LogP contribution in [0.3, 0.4) is 0 Å². The molecule has 0 spiro atoms. The molecular weight excluding hydrogens is 230 g/mol. The van der Waals surface area contributed by atoms with Crippen molar-refractivity contribution in [3.63, 3.8) is 0 Å². The van der Waals surface area contributed by atoms with Crippen LogP contribution in [0, 0.1) is 0 Å². The van der Waals surface area contributed by atoms with Gasteiger partial charge >= 0.3 is 0 Å². The van der Waals surface area contributed by atoms with Gasteiger partial charge in [-0.3, -0.25) is 0 Å². The second-order valence-electron chi connectivity index (χ2n) is 5.48. The van der Waals surface area contributed by atoms with E-state index in [-0.39, 0.29) is 0 Å². The molecule has 5 heteroatoms. The first kappa shape index (κ1) is 12.3. The third kappa shape index (κ3) is 3.64. The molecule has 2 aromatic heterocycles. The normalized spacial score (nSPS) is 12.2. The zero-order valence-electron chi connectivity index (χ0n) is 10.7. The summed E-state index contributed by atoms with van der Waals surface area (Å²) in [5.41, 5.74) is 1.94. The van der Waals surface area contributed by atoms with Gasteiger partial charge in [0.25, 0.3) is 0 Å². The lowest BCUT2D eigenvalue weighted by molar-refractivity contribution is 0.131. The third-order valence-electron chi connectivity index (χ3n) is 2.60. The minimum Gasteiger partial charge on any atom is -0.376 e. The topological polar surface area (TPSA) is 50.8 Å². The maximum absolute atomic E-state index is 5.68. The Labute approximate surface area is 102 Å². The van der Waals surface area contributed by atoms with Crippen molar-refractivity contribution in [2.75, 3.05) is 6.61 Å². The van der Waals surface area contributed by atoms with E-state index in [4.69, 9.17) is 4.74 Å². The van der Waals surface area contributed by atoms with Crippen molar-refractivity contribution in [3.8, 4) is 0 Å². The highest BCUT2D eigenvalue weighted by Crippen LogP contribution is 2.13. The van der Waals surface area contributed by atoms with Gasteiger partial charge in [0.2, 0.25) is 0 Å². The van der Waals surface area contributed by atoms with Gasteiger partial charge in [0.05, 0.1) is 6.61 Å². The largest absolute Gasteiger partial charge is 0.376 e. The summed E-state index contributed by atoms with van der Waals surface area (Å²) in [4.78, 5) is 11.4. The summed E-state index contributed by atoms with van der Waals surface area (Å²) in [6.07, 6.45) is 3.36. The molecule has 1 N–H and O–H groups in total. The van der Waals surface area contributed by atoms with E-state index >= 15 is 0 Å². The van der Waals surface area contributed by atoms with Crippen LogP contribution in [-0.2, 0) is 11.3 Å². The number of rotatable bonds is 5. The van der Waals surface area contributed by atoms with Crippen LogP contribution in [0.1, 0.15) is 5.69 Å². The van der Waals surface area contributed by atoms with Crippen LogP contribution in [0.15, 0.2) is 18.6 Å². The Balaban J connectivity index is 1.87. The fraction of sp³-hybridized carbons (Fsp3) is 0.500. The van der Waals surface area contributed by atoms with Crippen LogP contribution < -0.4 is 0 Å². The van der Waals surface area contributed by atoms with Gasteiger partial charge in [-0.05, 0) is 12.1 Å². The Bertz CT molecular complexity index is 457. The Morgan fingerprint density at radius 1 is 1.35 bits per heavy atom. The number of nitrogens with zero attached hydrogens (tertiary/aromatic N) is 2. The molecule has 92 valence electrons. The van der Waals surface area contributed by atoms with E-state index in [1.165, 1.54) is 6.04 Å². The van der Waals surface area contributed by atoms with E-state index in [1.807, 2.05) is 12.3 Å². The third-order valence-corrected chi connectivity index (χ3v) is 4.31. The number of H-pyrrole nitrogens is 1. The second kappa shape index (κ2) is 4.97. The maximum atomic E-state index is 5.68. The summed E-state index contributed by atoms with van der Waals surface area (Å²) < 4.78 is 5.68. The molecule has 17 heavy (non-hydrogen) atoms. The molecule has 2 heterocycles. The molecule has 4 nitrogen and oxygen atoms in total. The minimum atomic E-state index is -0.985. The molecule has 0 aliphatic heterocycles. The molecular formula is C12H19N3OSi. The molecule has 0 bridgehead atoms. The first-order valence-electron chi connectivity index (χ1n) is 5.90. The summed E-state index contributed by atoms with van der Waals surface area (Å²) in [6, 6.07) is 3.25. The van der Waals surface area contributed by atoms with E-state index in [0.29, 0.717) is 6.61 Å². The van der Waals surface area contributed by atoms with Gasteiger partial charge in [0.15, 0.2) is 0 Å². The lowest BCUT2D eigenvalue weighted by Crippen LogP contribution is -2.21. The standard InChI is InChI=1S/C12H19N3OSi/c1-17(2,3)5-4-16-8-11-6-10-7-13-9-14-12(10)15-11/h6-7,9H,4-5,8H2,1-3H3,(H,13,14,15). The van der Waals surface area contributed by atoms with Crippen molar-refractivity contribution < 1.29 is 4.74 Å². The molecule has 0 aliphatic rings. The molecule has 0 unspecified atom stereocenters. The number of aromatic nitrogens is 3. The van der Waals surface area contributed by atoms with Crippen molar-refractivity contribution in [3.05, 3.63) is 24.3 Å². The molecule has 0 saturated heterocycles. The highest BCUT2D eigenvalue weighted by molar-refractivity contribution is 6.76. The number of hydrogen-bond acceptors (Lipinski definition) is 3. The second-order valence-corrected chi connectivity index (χ2v) is 11.1. The van der Waals surface area contributed by atoms with E-state index in [1.54, 1.807) is 6.33 Å². The van der Waals surface area contributed by atoms with Crippen molar-refractivity contribution in [2.45, 2.75) is 32.3 Å². The van der Waals surface area contributed by atoms with Crippen LogP contribution >= 0.6 is 0 Å². The molecule has 0 aromatic carbocycles. The lowest BCUT2D eigenvalue weighted by Gasteiger charge is -2.14. The molecule has 2 rings (SSSR count).